The van der Waals surface area contributed by atoms with Crippen LogP contribution in [0.15, 0.2) is 16.7 Å². The summed E-state index contributed by atoms with van der Waals surface area (Å²) < 4.78 is 7.19. The quantitative estimate of drug-likeness (QED) is 0.879. The van der Waals surface area contributed by atoms with E-state index in [2.05, 4.69) is 39.2 Å². The van der Waals surface area contributed by atoms with E-state index in [0.717, 1.165) is 35.7 Å². The van der Waals surface area contributed by atoms with Gasteiger partial charge in [-0.2, -0.15) is 0 Å². The number of halogens is 1. The third-order valence-corrected chi connectivity index (χ3v) is 4.73. The molecule has 1 N–H and O–H groups in total. The summed E-state index contributed by atoms with van der Waals surface area (Å²) in [5.41, 5.74) is 1.17. The van der Waals surface area contributed by atoms with Crippen molar-refractivity contribution in [3.05, 3.63) is 22.3 Å². The molecule has 0 bridgehead atoms. The first kappa shape index (κ1) is 14.3. The van der Waals surface area contributed by atoms with Gasteiger partial charge in [0.25, 0.3) is 0 Å². The van der Waals surface area contributed by atoms with Gasteiger partial charge in [0.2, 0.25) is 5.88 Å². The number of nitrogens with zero attached hydrogens (tertiary/aromatic N) is 1. The largest absolute Gasteiger partial charge is 0.474 e. The first-order valence-corrected chi connectivity index (χ1v) is 8.54. The molecule has 1 heterocycles. The minimum Gasteiger partial charge on any atom is -0.474 e. The third kappa shape index (κ3) is 3.95. The Bertz CT molecular complexity index is 454. The smallest absolute Gasteiger partial charge is 0.218 e. The molecule has 4 heteroatoms. The zero-order chi connectivity index (χ0) is 13.9. The molecule has 110 valence electrons. The highest BCUT2D eigenvalue weighted by Crippen LogP contribution is 2.29. The fourth-order valence-corrected chi connectivity index (χ4v) is 3.13. The summed E-state index contributed by atoms with van der Waals surface area (Å²) in [6.07, 6.45) is 9.66. The first-order valence-electron chi connectivity index (χ1n) is 7.75. The second-order valence-corrected chi connectivity index (χ2v) is 7.19. The second-order valence-electron chi connectivity index (χ2n) is 6.27. The van der Waals surface area contributed by atoms with Crippen LogP contribution in [-0.4, -0.2) is 17.1 Å². The van der Waals surface area contributed by atoms with Gasteiger partial charge in [0.05, 0.1) is 0 Å². The zero-order valence-corrected chi connectivity index (χ0v) is 13.7. The SMILES string of the molecule is CC1CCC(Oc2ncc(Br)cc2CNC2CC2)CC1. The van der Waals surface area contributed by atoms with Gasteiger partial charge in [-0.25, -0.2) is 4.98 Å². The second kappa shape index (κ2) is 6.44. The topological polar surface area (TPSA) is 34.1 Å². The van der Waals surface area contributed by atoms with E-state index in [9.17, 15) is 0 Å². The lowest BCUT2D eigenvalue weighted by molar-refractivity contribution is 0.128. The minimum absolute atomic E-state index is 0.347. The van der Waals surface area contributed by atoms with Crippen LogP contribution in [0.4, 0.5) is 0 Å². The molecule has 2 fully saturated rings. The van der Waals surface area contributed by atoms with Crippen molar-refractivity contribution < 1.29 is 4.74 Å². The summed E-state index contributed by atoms with van der Waals surface area (Å²) in [4.78, 5) is 4.48. The summed E-state index contributed by atoms with van der Waals surface area (Å²) in [6.45, 7) is 3.19. The number of rotatable bonds is 5. The Morgan fingerprint density at radius 2 is 2.00 bits per heavy atom. The van der Waals surface area contributed by atoms with Crippen molar-refractivity contribution in [2.45, 2.75) is 64.1 Å². The molecule has 0 spiro atoms. The van der Waals surface area contributed by atoms with Gasteiger partial charge in [0.1, 0.15) is 6.10 Å². The van der Waals surface area contributed by atoms with Gasteiger partial charge in [-0.05, 0) is 66.4 Å². The molecule has 3 nitrogen and oxygen atoms in total. The van der Waals surface area contributed by atoms with Crippen LogP contribution in [0.2, 0.25) is 0 Å². The Hall–Kier alpha value is -0.610. The molecule has 0 radical (unpaired) electrons. The molecule has 2 aliphatic rings. The standard InChI is InChI=1S/C16H23BrN2O/c1-11-2-6-15(7-3-11)20-16-12(8-13(17)10-19-16)9-18-14-4-5-14/h8,10-11,14-15,18H,2-7,9H2,1H3. The van der Waals surface area contributed by atoms with Crippen LogP contribution in [0, 0.1) is 5.92 Å². The van der Waals surface area contributed by atoms with Crippen molar-refractivity contribution in [1.82, 2.24) is 10.3 Å². The number of ether oxygens (including phenoxy) is 1. The maximum atomic E-state index is 6.17. The molecule has 1 aromatic rings. The summed E-state index contributed by atoms with van der Waals surface area (Å²) in [6, 6.07) is 2.83. The van der Waals surface area contributed by atoms with Gasteiger partial charge in [-0.3, -0.25) is 0 Å². The zero-order valence-electron chi connectivity index (χ0n) is 12.1. The normalized spacial score (nSPS) is 26.5. The van der Waals surface area contributed by atoms with Crippen molar-refractivity contribution in [3.63, 3.8) is 0 Å². The maximum Gasteiger partial charge on any atom is 0.218 e. The van der Waals surface area contributed by atoms with Crippen LogP contribution < -0.4 is 10.1 Å². The third-order valence-electron chi connectivity index (χ3n) is 4.29. The van der Waals surface area contributed by atoms with Crippen molar-refractivity contribution in [1.29, 1.82) is 0 Å². The van der Waals surface area contributed by atoms with Gasteiger partial charge in [-0.1, -0.05) is 6.92 Å². The predicted octanol–water partition coefficient (Wildman–Crippen LogP) is 4.05. The highest BCUT2D eigenvalue weighted by atomic mass is 79.9. The number of hydrogen-bond donors (Lipinski definition) is 1. The minimum atomic E-state index is 0.347. The molecule has 0 atom stereocenters. The van der Waals surface area contributed by atoms with E-state index in [1.165, 1.54) is 31.2 Å². The van der Waals surface area contributed by atoms with E-state index < -0.39 is 0 Å². The van der Waals surface area contributed by atoms with E-state index in [-0.39, 0.29) is 0 Å². The van der Waals surface area contributed by atoms with Crippen LogP contribution in [-0.2, 0) is 6.54 Å². The van der Waals surface area contributed by atoms with Crippen LogP contribution in [0.5, 0.6) is 5.88 Å². The number of nitrogens with one attached hydrogen (secondary N) is 1. The Labute approximate surface area is 129 Å². The number of aromatic nitrogens is 1. The Kier molecular flexibility index (Phi) is 4.61. The molecule has 20 heavy (non-hydrogen) atoms. The molecule has 0 aromatic carbocycles. The van der Waals surface area contributed by atoms with Crippen molar-refractivity contribution in [2.75, 3.05) is 0 Å². The van der Waals surface area contributed by atoms with Crippen LogP contribution in [0.1, 0.15) is 51.0 Å². The van der Waals surface area contributed by atoms with Crippen molar-refractivity contribution in [3.8, 4) is 5.88 Å². The molecular weight excluding hydrogens is 316 g/mol. The molecule has 2 saturated carbocycles. The Morgan fingerprint density at radius 3 is 2.70 bits per heavy atom. The van der Waals surface area contributed by atoms with Crippen LogP contribution >= 0.6 is 15.9 Å². The lowest BCUT2D eigenvalue weighted by Crippen LogP contribution is -2.24. The number of pyridine rings is 1. The predicted molar refractivity (Wildman–Crippen MR) is 83.8 cm³/mol. The first-order chi connectivity index (χ1) is 9.70. The maximum absolute atomic E-state index is 6.17. The highest BCUT2D eigenvalue weighted by Gasteiger charge is 2.23. The summed E-state index contributed by atoms with van der Waals surface area (Å²) >= 11 is 3.51. The van der Waals surface area contributed by atoms with Gasteiger partial charge in [-0.15, -0.1) is 0 Å². The average molecular weight is 339 g/mol. The summed E-state index contributed by atoms with van der Waals surface area (Å²) in [5, 5.41) is 3.54. The Balaban J connectivity index is 1.64. The van der Waals surface area contributed by atoms with Crippen LogP contribution in [0.3, 0.4) is 0 Å². The van der Waals surface area contributed by atoms with Gasteiger partial charge in [0.15, 0.2) is 0 Å². The highest BCUT2D eigenvalue weighted by molar-refractivity contribution is 9.10. The van der Waals surface area contributed by atoms with Crippen molar-refractivity contribution in [2.24, 2.45) is 5.92 Å². The van der Waals surface area contributed by atoms with E-state index >= 15 is 0 Å². The summed E-state index contributed by atoms with van der Waals surface area (Å²) in [7, 11) is 0. The monoisotopic (exact) mass is 338 g/mol. The molecule has 3 rings (SSSR count). The van der Waals surface area contributed by atoms with E-state index in [1.807, 2.05) is 6.20 Å². The van der Waals surface area contributed by atoms with E-state index in [0.29, 0.717) is 12.1 Å². The fourth-order valence-electron chi connectivity index (χ4n) is 2.75. The molecular formula is C16H23BrN2O. The molecule has 1 aromatic heterocycles. The molecule has 2 aliphatic carbocycles. The fraction of sp³-hybridized carbons (Fsp3) is 0.688. The van der Waals surface area contributed by atoms with E-state index in [4.69, 9.17) is 4.74 Å². The molecule has 0 aliphatic heterocycles. The molecule has 0 unspecified atom stereocenters. The van der Waals surface area contributed by atoms with E-state index in [1.54, 1.807) is 0 Å². The number of hydrogen-bond acceptors (Lipinski definition) is 3. The lowest BCUT2D eigenvalue weighted by Gasteiger charge is -2.27. The summed E-state index contributed by atoms with van der Waals surface area (Å²) in [5.74, 6) is 1.67. The average Bonchev–Trinajstić information content (AvgIpc) is 3.25. The lowest BCUT2D eigenvalue weighted by atomic mass is 9.89. The van der Waals surface area contributed by atoms with Gasteiger partial charge >= 0.3 is 0 Å². The molecule has 0 amide bonds. The Morgan fingerprint density at radius 1 is 1.25 bits per heavy atom. The van der Waals surface area contributed by atoms with Gasteiger partial charge < -0.3 is 10.1 Å². The van der Waals surface area contributed by atoms with Gasteiger partial charge in [0, 0.05) is 28.8 Å². The van der Waals surface area contributed by atoms with Crippen molar-refractivity contribution >= 4 is 15.9 Å². The molecule has 0 saturated heterocycles. The van der Waals surface area contributed by atoms with Crippen LogP contribution in [0.25, 0.3) is 0 Å².